The third-order valence-corrected chi connectivity index (χ3v) is 3.97. The Bertz CT molecular complexity index is 570. The molecule has 2 aromatic carbocycles. The molecule has 110 valence electrons. The molecule has 0 radical (unpaired) electrons. The molecule has 0 amide bonds. The van der Waals surface area contributed by atoms with Crippen LogP contribution in [-0.2, 0) is 6.54 Å². The third-order valence-electron chi connectivity index (χ3n) is 3.97. The van der Waals surface area contributed by atoms with Gasteiger partial charge in [0.05, 0.1) is 6.61 Å². The zero-order valence-electron chi connectivity index (χ0n) is 12.2. The first-order valence-corrected chi connectivity index (χ1v) is 7.55. The van der Waals surface area contributed by atoms with Crippen molar-refractivity contribution in [2.24, 2.45) is 5.73 Å². The summed E-state index contributed by atoms with van der Waals surface area (Å²) in [5, 5.41) is 0. The molecular weight excluding hydrogens is 260 g/mol. The van der Waals surface area contributed by atoms with Gasteiger partial charge in [-0.15, -0.1) is 0 Å². The SMILES string of the molecule is NCCN(Cc1ccccc1)CC1COc2ccccc21. The van der Waals surface area contributed by atoms with Gasteiger partial charge in [0.25, 0.3) is 0 Å². The number of rotatable bonds is 6. The van der Waals surface area contributed by atoms with Crippen LogP contribution in [0.2, 0.25) is 0 Å². The van der Waals surface area contributed by atoms with Gasteiger partial charge in [-0.1, -0.05) is 48.5 Å². The highest BCUT2D eigenvalue weighted by molar-refractivity contribution is 5.39. The normalized spacial score (nSPS) is 16.8. The van der Waals surface area contributed by atoms with Gasteiger partial charge in [-0.25, -0.2) is 0 Å². The monoisotopic (exact) mass is 282 g/mol. The Kier molecular flexibility index (Phi) is 4.53. The molecule has 1 unspecified atom stereocenters. The van der Waals surface area contributed by atoms with Crippen LogP contribution in [-0.4, -0.2) is 31.1 Å². The summed E-state index contributed by atoms with van der Waals surface area (Å²) < 4.78 is 5.78. The Hall–Kier alpha value is -1.84. The summed E-state index contributed by atoms with van der Waals surface area (Å²) in [5.74, 6) is 1.48. The molecule has 0 saturated carbocycles. The van der Waals surface area contributed by atoms with Crippen molar-refractivity contribution >= 4 is 0 Å². The number of ether oxygens (including phenoxy) is 1. The molecule has 0 saturated heterocycles. The average Bonchev–Trinajstić information content (AvgIpc) is 2.92. The zero-order chi connectivity index (χ0) is 14.5. The maximum absolute atomic E-state index is 5.78. The van der Waals surface area contributed by atoms with Crippen LogP contribution in [0.15, 0.2) is 54.6 Å². The lowest BCUT2D eigenvalue weighted by Crippen LogP contribution is -2.33. The van der Waals surface area contributed by atoms with E-state index in [1.807, 2.05) is 6.07 Å². The van der Waals surface area contributed by atoms with Crippen molar-refractivity contribution in [3.8, 4) is 5.75 Å². The highest BCUT2D eigenvalue weighted by atomic mass is 16.5. The van der Waals surface area contributed by atoms with Crippen molar-refractivity contribution in [2.75, 3.05) is 26.2 Å². The zero-order valence-corrected chi connectivity index (χ0v) is 12.2. The number of benzene rings is 2. The van der Waals surface area contributed by atoms with E-state index in [1.54, 1.807) is 0 Å². The second kappa shape index (κ2) is 6.74. The quantitative estimate of drug-likeness (QED) is 0.885. The van der Waals surface area contributed by atoms with Crippen LogP contribution in [0.25, 0.3) is 0 Å². The number of fused-ring (bicyclic) bond motifs is 1. The van der Waals surface area contributed by atoms with Crippen molar-refractivity contribution in [1.29, 1.82) is 0 Å². The third kappa shape index (κ3) is 3.43. The molecular formula is C18H22N2O. The van der Waals surface area contributed by atoms with Gasteiger partial charge >= 0.3 is 0 Å². The van der Waals surface area contributed by atoms with Crippen LogP contribution in [0, 0.1) is 0 Å². The van der Waals surface area contributed by atoms with Gasteiger partial charge in [0, 0.05) is 37.7 Å². The minimum absolute atomic E-state index is 0.441. The highest BCUT2D eigenvalue weighted by Gasteiger charge is 2.25. The van der Waals surface area contributed by atoms with E-state index in [-0.39, 0.29) is 0 Å². The van der Waals surface area contributed by atoms with Gasteiger partial charge in [-0.05, 0) is 11.6 Å². The van der Waals surface area contributed by atoms with Gasteiger partial charge in [-0.2, -0.15) is 0 Å². The van der Waals surface area contributed by atoms with Gasteiger partial charge in [0.1, 0.15) is 5.75 Å². The fourth-order valence-corrected chi connectivity index (χ4v) is 2.95. The summed E-state index contributed by atoms with van der Waals surface area (Å²) in [6, 6.07) is 18.9. The Balaban J connectivity index is 1.68. The predicted molar refractivity (Wildman–Crippen MR) is 85.5 cm³/mol. The second-order valence-corrected chi connectivity index (χ2v) is 5.56. The summed E-state index contributed by atoms with van der Waals surface area (Å²) in [6.45, 7) is 4.30. The molecule has 21 heavy (non-hydrogen) atoms. The van der Waals surface area contributed by atoms with Crippen LogP contribution in [0.3, 0.4) is 0 Å². The van der Waals surface area contributed by atoms with E-state index in [0.29, 0.717) is 12.5 Å². The standard InChI is InChI=1S/C18H22N2O/c19-10-11-20(12-15-6-2-1-3-7-15)13-16-14-21-18-9-5-4-8-17(16)18/h1-9,16H,10-14,19H2. The molecule has 1 atom stereocenters. The Morgan fingerprint density at radius 2 is 1.81 bits per heavy atom. The Morgan fingerprint density at radius 1 is 1.05 bits per heavy atom. The van der Waals surface area contributed by atoms with E-state index in [2.05, 4.69) is 53.4 Å². The second-order valence-electron chi connectivity index (χ2n) is 5.56. The van der Waals surface area contributed by atoms with Gasteiger partial charge in [-0.3, -0.25) is 4.90 Å². The van der Waals surface area contributed by atoms with Crippen molar-refractivity contribution in [3.05, 3.63) is 65.7 Å². The minimum Gasteiger partial charge on any atom is -0.493 e. The van der Waals surface area contributed by atoms with Crippen LogP contribution in [0.4, 0.5) is 0 Å². The summed E-state index contributed by atoms with van der Waals surface area (Å²) in [6.07, 6.45) is 0. The molecule has 1 aliphatic heterocycles. The topological polar surface area (TPSA) is 38.5 Å². The molecule has 1 aliphatic rings. The van der Waals surface area contributed by atoms with Crippen molar-refractivity contribution < 1.29 is 4.74 Å². The predicted octanol–water partition coefficient (Wildman–Crippen LogP) is 2.62. The van der Waals surface area contributed by atoms with Crippen LogP contribution >= 0.6 is 0 Å². The molecule has 0 aromatic heterocycles. The molecule has 0 bridgehead atoms. The maximum Gasteiger partial charge on any atom is 0.122 e. The fraction of sp³-hybridized carbons (Fsp3) is 0.333. The van der Waals surface area contributed by atoms with E-state index in [9.17, 15) is 0 Å². The Morgan fingerprint density at radius 3 is 2.62 bits per heavy atom. The average molecular weight is 282 g/mol. The molecule has 0 spiro atoms. The summed E-state index contributed by atoms with van der Waals surface area (Å²) in [7, 11) is 0. The van der Waals surface area contributed by atoms with Crippen LogP contribution in [0.1, 0.15) is 17.0 Å². The molecule has 0 aliphatic carbocycles. The van der Waals surface area contributed by atoms with E-state index in [1.165, 1.54) is 11.1 Å². The highest BCUT2D eigenvalue weighted by Crippen LogP contribution is 2.34. The number of nitrogens with two attached hydrogens (primary N) is 1. The largest absolute Gasteiger partial charge is 0.493 e. The van der Waals surface area contributed by atoms with Gasteiger partial charge in [0.15, 0.2) is 0 Å². The summed E-state index contributed by atoms with van der Waals surface area (Å²) >= 11 is 0. The lowest BCUT2D eigenvalue weighted by Gasteiger charge is -2.24. The first-order chi connectivity index (χ1) is 10.4. The van der Waals surface area contributed by atoms with Crippen molar-refractivity contribution in [1.82, 2.24) is 4.90 Å². The summed E-state index contributed by atoms with van der Waals surface area (Å²) in [5.41, 5.74) is 8.44. The number of nitrogens with zero attached hydrogens (tertiary/aromatic N) is 1. The van der Waals surface area contributed by atoms with Crippen molar-refractivity contribution in [3.63, 3.8) is 0 Å². The Labute approximate surface area is 126 Å². The van der Waals surface area contributed by atoms with Gasteiger partial charge in [0.2, 0.25) is 0 Å². The summed E-state index contributed by atoms with van der Waals surface area (Å²) in [4.78, 5) is 2.42. The molecule has 3 nitrogen and oxygen atoms in total. The van der Waals surface area contributed by atoms with E-state index < -0.39 is 0 Å². The molecule has 2 N–H and O–H groups in total. The number of hydrogen-bond acceptors (Lipinski definition) is 3. The lowest BCUT2D eigenvalue weighted by molar-refractivity contribution is 0.231. The fourth-order valence-electron chi connectivity index (χ4n) is 2.95. The van der Waals surface area contributed by atoms with E-state index in [4.69, 9.17) is 10.5 Å². The van der Waals surface area contributed by atoms with Gasteiger partial charge < -0.3 is 10.5 Å². The molecule has 3 heteroatoms. The first kappa shape index (κ1) is 14.1. The van der Waals surface area contributed by atoms with Crippen LogP contribution < -0.4 is 10.5 Å². The van der Waals surface area contributed by atoms with Crippen molar-refractivity contribution in [2.45, 2.75) is 12.5 Å². The molecule has 3 rings (SSSR count). The first-order valence-electron chi connectivity index (χ1n) is 7.55. The van der Waals surface area contributed by atoms with Crippen LogP contribution in [0.5, 0.6) is 5.75 Å². The molecule has 2 aromatic rings. The molecule has 0 fully saturated rings. The maximum atomic E-state index is 5.78. The minimum atomic E-state index is 0.441. The van der Waals surface area contributed by atoms with E-state index in [0.717, 1.165) is 32.0 Å². The lowest BCUT2D eigenvalue weighted by atomic mass is 10.0. The van der Waals surface area contributed by atoms with E-state index >= 15 is 0 Å². The number of para-hydroxylation sites is 1. The molecule has 1 heterocycles. The smallest absolute Gasteiger partial charge is 0.122 e. The number of hydrogen-bond donors (Lipinski definition) is 1.